The SMILES string of the molecule is Cc1nc(-c2ccc(N3C(=O)C(O)=C(C(=O)C(C)C)C3c3ccccc3OCCO)cc2)no1. The van der Waals surface area contributed by atoms with Crippen LogP contribution >= 0.6 is 0 Å². The van der Waals surface area contributed by atoms with Gasteiger partial charge < -0.3 is 19.5 Å². The molecular weight excluding hydrogens is 438 g/mol. The number of aryl methyl sites for hydroxylation is 1. The van der Waals surface area contributed by atoms with Gasteiger partial charge in [0.2, 0.25) is 11.7 Å². The van der Waals surface area contributed by atoms with E-state index in [2.05, 4.69) is 10.1 Å². The third-order valence-corrected chi connectivity index (χ3v) is 5.49. The predicted molar refractivity (Wildman–Crippen MR) is 123 cm³/mol. The first kappa shape index (κ1) is 23.2. The van der Waals surface area contributed by atoms with Crippen LogP contribution in [0.2, 0.25) is 0 Å². The van der Waals surface area contributed by atoms with E-state index in [0.29, 0.717) is 34.3 Å². The molecule has 3 aromatic rings. The number of ketones is 1. The molecule has 2 N–H and O–H groups in total. The van der Waals surface area contributed by atoms with E-state index in [0.717, 1.165) is 0 Å². The average molecular weight is 463 g/mol. The zero-order valence-electron chi connectivity index (χ0n) is 19.1. The van der Waals surface area contributed by atoms with Crippen LogP contribution in [0.4, 0.5) is 5.69 Å². The van der Waals surface area contributed by atoms with Crippen LogP contribution in [0.25, 0.3) is 11.4 Å². The van der Waals surface area contributed by atoms with E-state index in [-0.39, 0.29) is 24.6 Å². The number of aliphatic hydroxyl groups is 2. The number of aromatic nitrogens is 2. The molecule has 4 rings (SSSR count). The van der Waals surface area contributed by atoms with Crippen molar-refractivity contribution in [3.8, 4) is 17.1 Å². The fraction of sp³-hybridized carbons (Fsp3) is 0.280. The fourth-order valence-electron chi connectivity index (χ4n) is 3.91. The molecule has 2 aromatic carbocycles. The Bertz CT molecular complexity index is 1250. The number of Topliss-reactive ketones (excluding diaryl/α,β-unsaturated/α-hetero) is 1. The van der Waals surface area contributed by atoms with Crippen LogP contribution in [0.15, 0.2) is 64.4 Å². The fourth-order valence-corrected chi connectivity index (χ4v) is 3.91. The van der Waals surface area contributed by atoms with Gasteiger partial charge in [-0.15, -0.1) is 0 Å². The molecule has 9 nitrogen and oxygen atoms in total. The lowest BCUT2D eigenvalue weighted by molar-refractivity contribution is -0.119. The van der Waals surface area contributed by atoms with E-state index < -0.39 is 23.6 Å². The number of carbonyl (C=O) groups is 2. The van der Waals surface area contributed by atoms with Gasteiger partial charge in [-0.2, -0.15) is 4.98 Å². The maximum atomic E-state index is 13.3. The first-order valence-electron chi connectivity index (χ1n) is 10.9. The molecule has 0 aliphatic carbocycles. The first-order valence-corrected chi connectivity index (χ1v) is 10.9. The maximum Gasteiger partial charge on any atom is 0.294 e. The van der Waals surface area contributed by atoms with Gasteiger partial charge >= 0.3 is 0 Å². The number of hydrogen-bond donors (Lipinski definition) is 2. The minimum atomic E-state index is -0.907. The molecule has 0 fully saturated rings. The molecule has 0 spiro atoms. The summed E-state index contributed by atoms with van der Waals surface area (Å²) >= 11 is 0. The quantitative estimate of drug-likeness (QED) is 0.520. The molecule has 0 saturated carbocycles. The molecule has 1 atom stereocenters. The summed E-state index contributed by atoms with van der Waals surface area (Å²) in [5.41, 5.74) is 1.69. The largest absolute Gasteiger partial charge is 0.503 e. The minimum absolute atomic E-state index is 0.0120. The molecule has 2 heterocycles. The van der Waals surface area contributed by atoms with Crippen molar-refractivity contribution in [2.45, 2.75) is 26.8 Å². The highest BCUT2D eigenvalue weighted by molar-refractivity contribution is 6.17. The molecule has 1 unspecified atom stereocenters. The van der Waals surface area contributed by atoms with Gasteiger partial charge in [0.15, 0.2) is 11.5 Å². The van der Waals surface area contributed by atoms with Crippen molar-refractivity contribution in [3.05, 3.63) is 71.3 Å². The normalized spacial score (nSPS) is 16.0. The highest BCUT2D eigenvalue weighted by Gasteiger charge is 2.45. The van der Waals surface area contributed by atoms with Crippen LogP contribution in [-0.4, -0.2) is 45.3 Å². The van der Waals surface area contributed by atoms with Crippen LogP contribution in [0.3, 0.4) is 0 Å². The summed E-state index contributed by atoms with van der Waals surface area (Å²) in [6.07, 6.45) is 0. The van der Waals surface area contributed by atoms with E-state index in [1.54, 1.807) is 69.3 Å². The summed E-state index contributed by atoms with van der Waals surface area (Å²) in [7, 11) is 0. The number of anilines is 1. The van der Waals surface area contributed by atoms with Crippen molar-refractivity contribution in [2.24, 2.45) is 5.92 Å². The van der Waals surface area contributed by atoms with Crippen LogP contribution < -0.4 is 9.64 Å². The number of hydrogen-bond acceptors (Lipinski definition) is 8. The highest BCUT2D eigenvalue weighted by Crippen LogP contribution is 2.44. The van der Waals surface area contributed by atoms with Gasteiger partial charge in [-0.1, -0.05) is 37.2 Å². The summed E-state index contributed by atoms with van der Waals surface area (Å²) in [5.74, 6) is -0.808. The lowest BCUT2D eigenvalue weighted by Crippen LogP contribution is -2.31. The van der Waals surface area contributed by atoms with Gasteiger partial charge in [-0.25, -0.2) is 0 Å². The van der Waals surface area contributed by atoms with E-state index >= 15 is 0 Å². The third kappa shape index (κ3) is 4.17. The monoisotopic (exact) mass is 463 g/mol. The number of carbonyl (C=O) groups excluding carboxylic acids is 2. The van der Waals surface area contributed by atoms with Crippen molar-refractivity contribution in [2.75, 3.05) is 18.1 Å². The molecule has 1 aromatic heterocycles. The smallest absolute Gasteiger partial charge is 0.294 e. The van der Waals surface area contributed by atoms with Crippen molar-refractivity contribution >= 4 is 17.4 Å². The molecule has 1 aliphatic rings. The number of nitrogens with zero attached hydrogens (tertiary/aromatic N) is 3. The summed E-state index contributed by atoms with van der Waals surface area (Å²) in [4.78, 5) is 32.0. The summed E-state index contributed by atoms with van der Waals surface area (Å²) < 4.78 is 10.7. The second-order valence-corrected chi connectivity index (χ2v) is 8.15. The second-order valence-electron chi connectivity index (χ2n) is 8.15. The highest BCUT2D eigenvalue weighted by atomic mass is 16.5. The third-order valence-electron chi connectivity index (χ3n) is 5.49. The van der Waals surface area contributed by atoms with Crippen LogP contribution in [0, 0.1) is 12.8 Å². The van der Waals surface area contributed by atoms with Gasteiger partial charge in [0.1, 0.15) is 12.4 Å². The van der Waals surface area contributed by atoms with Gasteiger partial charge in [0, 0.05) is 29.7 Å². The number of amides is 1. The number of aliphatic hydroxyl groups excluding tert-OH is 2. The van der Waals surface area contributed by atoms with E-state index in [4.69, 9.17) is 9.26 Å². The number of para-hydroxylation sites is 1. The summed E-state index contributed by atoms with van der Waals surface area (Å²) in [6.45, 7) is 4.96. The molecule has 1 aliphatic heterocycles. The Morgan fingerprint density at radius 1 is 1.18 bits per heavy atom. The Labute approximate surface area is 196 Å². The number of benzene rings is 2. The van der Waals surface area contributed by atoms with Gasteiger partial charge in [-0.3, -0.25) is 14.5 Å². The van der Waals surface area contributed by atoms with Crippen molar-refractivity contribution < 1.29 is 29.1 Å². The minimum Gasteiger partial charge on any atom is -0.503 e. The molecule has 34 heavy (non-hydrogen) atoms. The van der Waals surface area contributed by atoms with Gasteiger partial charge in [0.05, 0.1) is 18.2 Å². The lowest BCUT2D eigenvalue weighted by atomic mass is 9.90. The Hall–Kier alpha value is -3.98. The predicted octanol–water partition coefficient (Wildman–Crippen LogP) is 3.54. The Morgan fingerprint density at radius 3 is 2.50 bits per heavy atom. The van der Waals surface area contributed by atoms with Crippen molar-refractivity contribution in [1.29, 1.82) is 0 Å². The van der Waals surface area contributed by atoms with Gasteiger partial charge in [-0.05, 0) is 30.3 Å². The van der Waals surface area contributed by atoms with Gasteiger partial charge in [0.25, 0.3) is 5.91 Å². The molecule has 0 saturated heterocycles. The number of ether oxygens (including phenoxy) is 1. The first-order chi connectivity index (χ1) is 16.3. The Balaban J connectivity index is 1.82. The molecule has 0 bridgehead atoms. The molecular formula is C25H25N3O6. The van der Waals surface area contributed by atoms with Crippen LogP contribution in [0.5, 0.6) is 5.75 Å². The summed E-state index contributed by atoms with van der Waals surface area (Å²) in [5, 5.41) is 23.9. The van der Waals surface area contributed by atoms with E-state index in [9.17, 15) is 19.8 Å². The van der Waals surface area contributed by atoms with Crippen molar-refractivity contribution in [1.82, 2.24) is 10.1 Å². The molecule has 0 radical (unpaired) electrons. The molecule has 9 heteroatoms. The number of rotatable bonds is 8. The van der Waals surface area contributed by atoms with Crippen LogP contribution in [-0.2, 0) is 9.59 Å². The summed E-state index contributed by atoms with van der Waals surface area (Å²) in [6, 6.07) is 12.9. The second kappa shape index (κ2) is 9.48. The van der Waals surface area contributed by atoms with Crippen LogP contribution in [0.1, 0.15) is 31.3 Å². The van der Waals surface area contributed by atoms with E-state index in [1.165, 1.54) is 4.90 Å². The zero-order chi connectivity index (χ0) is 24.4. The lowest BCUT2D eigenvalue weighted by Gasteiger charge is -2.28. The van der Waals surface area contributed by atoms with Crippen molar-refractivity contribution in [3.63, 3.8) is 0 Å². The molecule has 1 amide bonds. The van der Waals surface area contributed by atoms with E-state index in [1.807, 2.05) is 0 Å². The Kier molecular flexibility index (Phi) is 6.47. The standard InChI is InChI=1S/C25H25N3O6/c1-14(2)22(30)20-21(18-6-4-5-7-19(18)33-13-12-29)28(25(32)23(20)31)17-10-8-16(9-11-17)24-26-15(3)34-27-24/h4-11,14,21,29,31H,12-13H2,1-3H3. The molecule has 176 valence electrons. The zero-order valence-corrected chi connectivity index (χ0v) is 19.1. The average Bonchev–Trinajstić information content (AvgIpc) is 3.38. The maximum absolute atomic E-state index is 13.3. The Morgan fingerprint density at radius 2 is 1.88 bits per heavy atom. The topological polar surface area (TPSA) is 126 Å².